The van der Waals surface area contributed by atoms with Gasteiger partial charge >= 0.3 is 23.0 Å². The Balaban J connectivity index is 2.28. The van der Waals surface area contributed by atoms with Crippen molar-refractivity contribution in [3.05, 3.63) is 52.6 Å². The second-order valence-corrected chi connectivity index (χ2v) is 9.07. The molecule has 0 aliphatic heterocycles. The quantitative estimate of drug-likeness (QED) is 0.266. The number of carbonyl (C=O) groups is 2. The van der Waals surface area contributed by atoms with Gasteiger partial charge in [-0.1, -0.05) is 6.07 Å². The maximum Gasteiger partial charge on any atom is 0.461 e. The lowest BCUT2D eigenvalue weighted by Gasteiger charge is -2.27. The van der Waals surface area contributed by atoms with Crippen molar-refractivity contribution in [3.63, 3.8) is 0 Å². The molecule has 2 amide bonds. The molecule has 0 spiro atoms. The fourth-order valence-electron chi connectivity index (χ4n) is 2.63. The highest BCUT2D eigenvalue weighted by Gasteiger charge is 2.78. The molecule has 0 aromatic heterocycles. The molecule has 2 N–H and O–H groups in total. The molecule has 10 nitrogen and oxygen atoms in total. The number of anilines is 2. The summed E-state index contributed by atoms with van der Waals surface area (Å²) in [6.07, 6.45) is -6.96. The van der Waals surface area contributed by atoms with E-state index in [2.05, 4.69) is 10.6 Å². The molecule has 2 rings (SSSR count). The number of nitro benzene ring substituents is 1. The summed E-state index contributed by atoms with van der Waals surface area (Å²) in [5.41, 5.74) is -0.983. The summed E-state index contributed by atoms with van der Waals surface area (Å²) in [5, 5.41) is 9.25. The highest BCUT2D eigenvalue weighted by atomic mass is 32.2. The Bertz CT molecular complexity index is 1330. The van der Waals surface area contributed by atoms with Crippen LogP contribution in [0.25, 0.3) is 0 Å². The van der Waals surface area contributed by atoms with Crippen LogP contribution in [0.2, 0.25) is 0 Å². The van der Waals surface area contributed by atoms with E-state index in [0.29, 0.717) is 11.8 Å². The molecule has 37 heavy (non-hydrogen) atoms. The first-order valence-electron chi connectivity index (χ1n) is 9.47. The summed E-state index contributed by atoms with van der Waals surface area (Å²) >= 11 is 0. The number of nitrogens with zero attached hydrogens (tertiary/aromatic N) is 1. The molecule has 202 valence electrons. The molecule has 0 saturated carbocycles. The summed E-state index contributed by atoms with van der Waals surface area (Å²) in [4.78, 5) is 31.1. The molecule has 18 heteroatoms. The number of nitrogens with one attached hydrogen (secondary N) is 2. The van der Waals surface area contributed by atoms with E-state index in [1.54, 1.807) is 0 Å². The third kappa shape index (κ3) is 6.07. The van der Waals surface area contributed by atoms with Crippen molar-refractivity contribution in [3.8, 4) is 5.75 Å². The largest absolute Gasteiger partial charge is 0.477 e. The van der Waals surface area contributed by atoms with E-state index in [4.69, 9.17) is 4.74 Å². The second kappa shape index (κ2) is 10.2. The smallest absolute Gasteiger partial charge is 0.461 e. The lowest BCUT2D eigenvalue weighted by molar-refractivity contribution is -0.386. The minimum absolute atomic E-state index is 0.0762. The fourth-order valence-corrected chi connectivity index (χ4v) is 3.89. The Kier molecular flexibility index (Phi) is 8.06. The van der Waals surface area contributed by atoms with Crippen LogP contribution in [0.3, 0.4) is 0 Å². The van der Waals surface area contributed by atoms with Gasteiger partial charge in [-0.15, -0.1) is 0 Å². The fraction of sp³-hybridized carbons (Fsp3) is 0.263. The van der Waals surface area contributed by atoms with Gasteiger partial charge in [-0.3, -0.25) is 19.7 Å². The zero-order chi connectivity index (χ0) is 28.4. The normalized spacial score (nSPS) is 12.5. The summed E-state index contributed by atoms with van der Waals surface area (Å²) in [7, 11) is -6.81. The number of benzene rings is 2. The molecule has 0 aliphatic rings. The Morgan fingerprint density at radius 2 is 1.54 bits per heavy atom. The second-order valence-electron chi connectivity index (χ2n) is 7.08. The van der Waals surface area contributed by atoms with Gasteiger partial charge in [-0.25, -0.2) is 8.42 Å². The Morgan fingerprint density at radius 3 is 2.05 bits per heavy atom. The van der Waals surface area contributed by atoms with Gasteiger partial charge in [0, 0.05) is 24.4 Å². The molecule has 0 bridgehead atoms. The first kappa shape index (κ1) is 29.3. The average Bonchev–Trinajstić information content (AvgIpc) is 2.76. The Hall–Kier alpha value is -3.96. The number of halogens is 7. The van der Waals surface area contributed by atoms with Crippen LogP contribution in [0.4, 0.5) is 47.8 Å². The van der Waals surface area contributed by atoms with E-state index < -0.39 is 66.9 Å². The van der Waals surface area contributed by atoms with Crippen LogP contribution >= 0.6 is 0 Å². The lowest BCUT2D eigenvalue weighted by atomic mass is 10.2. The van der Waals surface area contributed by atoms with Crippen LogP contribution in [-0.2, 0) is 19.4 Å². The zero-order valence-electron chi connectivity index (χ0n) is 18.1. The number of rotatable bonds is 9. The number of nitro groups is 1. The van der Waals surface area contributed by atoms with Crippen molar-refractivity contribution < 1.29 is 58.4 Å². The van der Waals surface area contributed by atoms with Crippen LogP contribution in [0.1, 0.15) is 6.92 Å². The van der Waals surface area contributed by atoms with Gasteiger partial charge in [0.1, 0.15) is 0 Å². The molecular formula is C19H14F7N3O7S. The molecular weight excluding hydrogens is 547 g/mol. The molecule has 0 unspecified atom stereocenters. The molecule has 2 aromatic rings. The zero-order valence-corrected chi connectivity index (χ0v) is 18.9. The van der Waals surface area contributed by atoms with E-state index in [-0.39, 0.29) is 17.8 Å². The van der Waals surface area contributed by atoms with Crippen molar-refractivity contribution >= 4 is 38.7 Å². The summed E-state index contributed by atoms with van der Waals surface area (Å²) in [5.74, 6) is -9.28. The number of ether oxygens (including phenoxy) is 1. The predicted molar refractivity (Wildman–Crippen MR) is 111 cm³/mol. The third-order valence-electron chi connectivity index (χ3n) is 4.32. The predicted octanol–water partition coefficient (Wildman–Crippen LogP) is 4.13. The Labute approximate surface area is 202 Å². The number of hydrogen-bond acceptors (Lipinski definition) is 7. The van der Waals surface area contributed by atoms with Crippen molar-refractivity contribution in [2.24, 2.45) is 0 Å². The van der Waals surface area contributed by atoms with Gasteiger partial charge in [0.15, 0.2) is 12.4 Å². The highest BCUT2D eigenvalue weighted by Crippen LogP contribution is 2.51. The van der Waals surface area contributed by atoms with Gasteiger partial charge in [0.05, 0.1) is 9.82 Å². The Morgan fingerprint density at radius 1 is 0.973 bits per heavy atom. The molecule has 0 radical (unpaired) electrons. The van der Waals surface area contributed by atoms with Gasteiger partial charge in [0.25, 0.3) is 15.7 Å². The van der Waals surface area contributed by atoms with Gasteiger partial charge in [-0.2, -0.15) is 30.7 Å². The van der Waals surface area contributed by atoms with Crippen LogP contribution in [0.5, 0.6) is 5.75 Å². The summed E-state index contributed by atoms with van der Waals surface area (Å²) in [6, 6.07) is 5.86. The summed E-state index contributed by atoms with van der Waals surface area (Å²) in [6.45, 7) is 0.255. The van der Waals surface area contributed by atoms with Crippen molar-refractivity contribution in [2.75, 3.05) is 17.2 Å². The van der Waals surface area contributed by atoms with Crippen LogP contribution in [0.15, 0.2) is 47.4 Å². The van der Waals surface area contributed by atoms with E-state index in [1.165, 1.54) is 31.2 Å². The van der Waals surface area contributed by atoms with Gasteiger partial charge < -0.3 is 15.4 Å². The van der Waals surface area contributed by atoms with Crippen molar-refractivity contribution in [1.82, 2.24) is 0 Å². The van der Waals surface area contributed by atoms with E-state index in [9.17, 15) is 58.9 Å². The average molecular weight is 561 g/mol. The first-order chi connectivity index (χ1) is 16.8. The number of amides is 2. The summed E-state index contributed by atoms with van der Waals surface area (Å²) < 4.78 is 120. The topological polar surface area (TPSA) is 145 Å². The van der Waals surface area contributed by atoms with Crippen LogP contribution in [-0.4, -0.2) is 49.1 Å². The van der Waals surface area contributed by atoms with Gasteiger partial charge in [-0.05, 0) is 30.3 Å². The first-order valence-corrected chi connectivity index (χ1v) is 11.0. The van der Waals surface area contributed by atoms with E-state index >= 15 is 0 Å². The molecule has 0 aliphatic carbocycles. The SMILES string of the molecule is CC(=O)Nc1cccc(NC(=O)COc2ccc(S(=O)(=O)C(F)(F)C(F)(F)C(F)(F)F)cc2[N+](=O)[O-])c1. The van der Waals surface area contributed by atoms with Crippen molar-refractivity contribution in [1.29, 1.82) is 0 Å². The molecule has 2 aromatic carbocycles. The van der Waals surface area contributed by atoms with E-state index in [0.717, 1.165) is 0 Å². The highest BCUT2D eigenvalue weighted by molar-refractivity contribution is 7.92. The molecule has 0 heterocycles. The van der Waals surface area contributed by atoms with Gasteiger partial charge in [0.2, 0.25) is 5.91 Å². The maximum absolute atomic E-state index is 13.8. The molecule has 0 fully saturated rings. The van der Waals surface area contributed by atoms with Crippen LogP contribution < -0.4 is 15.4 Å². The van der Waals surface area contributed by atoms with Crippen LogP contribution in [0, 0.1) is 10.1 Å². The number of hydrogen-bond donors (Lipinski definition) is 2. The number of alkyl halides is 7. The van der Waals surface area contributed by atoms with E-state index in [1.807, 2.05) is 0 Å². The maximum atomic E-state index is 13.8. The third-order valence-corrected chi connectivity index (χ3v) is 6.13. The molecule has 0 saturated heterocycles. The van der Waals surface area contributed by atoms with Crippen molar-refractivity contribution in [2.45, 2.75) is 29.2 Å². The minimum atomic E-state index is -7.03. The number of sulfone groups is 1. The monoisotopic (exact) mass is 561 g/mol. The molecule has 0 atom stereocenters. The lowest BCUT2D eigenvalue weighted by Crippen LogP contribution is -2.55. The minimum Gasteiger partial charge on any atom is -0.477 e. The standard InChI is InChI=1S/C19H14F7N3O7S/c1-10(30)27-11-3-2-4-12(7-11)28-16(31)9-36-15-6-5-13(8-14(15)29(32)33)37(34,35)19(25,26)17(20,21)18(22,23)24/h2-8H,9H2,1H3,(H,27,30)(H,28,31). The number of carbonyl (C=O) groups excluding carboxylic acids is 2.